The lowest BCUT2D eigenvalue weighted by Gasteiger charge is -2.40. The van der Waals surface area contributed by atoms with E-state index < -0.39 is 29.6 Å². The van der Waals surface area contributed by atoms with Crippen molar-refractivity contribution in [2.45, 2.75) is 57.0 Å². The van der Waals surface area contributed by atoms with Crippen LogP contribution in [0.2, 0.25) is 5.02 Å². The van der Waals surface area contributed by atoms with E-state index in [1.54, 1.807) is 0 Å². The molecule has 246 valence electrons. The molecule has 5 aromatic rings. The number of rotatable bonds is 15. The van der Waals surface area contributed by atoms with Crippen molar-refractivity contribution in [3.8, 4) is 0 Å². The predicted molar refractivity (Wildman–Crippen MR) is 190 cm³/mol. The van der Waals surface area contributed by atoms with Crippen LogP contribution >= 0.6 is 11.6 Å². The number of halogens is 1. The molecular weight excluding hydrogens is 620 g/mol. The minimum absolute atomic E-state index is 0.123. The number of nitrogens with one attached hydrogen (secondary N) is 1. The summed E-state index contributed by atoms with van der Waals surface area (Å²) in [5.41, 5.74) is 10.7. The highest BCUT2D eigenvalue weighted by atomic mass is 35.5. The molecule has 0 radical (unpaired) electrons. The summed E-state index contributed by atoms with van der Waals surface area (Å²) >= 11 is 6.97. The molecule has 0 aliphatic carbocycles. The molecule has 7 heteroatoms. The van der Waals surface area contributed by atoms with Gasteiger partial charge in [0.2, 0.25) is 0 Å². The first-order chi connectivity index (χ1) is 23.4. The van der Waals surface area contributed by atoms with Crippen LogP contribution in [-0.4, -0.2) is 24.0 Å². The molecule has 0 saturated heterocycles. The smallest absolute Gasteiger partial charge is 0.323 e. The van der Waals surface area contributed by atoms with Crippen LogP contribution in [-0.2, 0) is 37.8 Å². The Hall–Kier alpha value is -4.75. The molecule has 3 N–H and O–H groups in total. The van der Waals surface area contributed by atoms with E-state index in [4.69, 9.17) is 26.8 Å². The molecule has 6 nitrogen and oxygen atoms in total. The van der Waals surface area contributed by atoms with E-state index in [1.807, 2.05) is 134 Å². The van der Waals surface area contributed by atoms with Crippen molar-refractivity contribution in [2.75, 3.05) is 0 Å². The normalized spacial score (nSPS) is 13.6. The number of carbonyl (C=O) groups is 2. The molecule has 0 aliphatic heterocycles. The van der Waals surface area contributed by atoms with Gasteiger partial charge in [0.1, 0.15) is 25.3 Å². The van der Waals surface area contributed by atoms with Gasteiger partial charge in [0.05, 0.1) is 5.54 Å². The third kappa shape index (κ3) is 8.78. The van der Waals surface area contributed by atoms with E-state index in [9.17, 15) is 9.59 Å². The van der Waals surface area contributed by atoms with E-state index in [2.05, 4.69) is 17.4 Å². The largest absolute Gasteiger partial charge is 0.460 e. The van der Waals surface area contributed by atoms with Gasteiger partial charge in [-0.1, -0.05) is 151 Å². The van der Waals surface area contributed by atoms with Crippen molar-refractivity contribution < 1.29 is 19.1 Å². The van der Waals surface area contributed by atoms with E-state index >= 15 is 0 Å². The molecule has 0 fully saturated rings. The van der Waals surface area contributed by atoms with Crippen LogP contribution in [0.5, 0.6) is 0 Å². The number of esters is 2. The Morgan fingerprint density at radius 1 is 0.667 bits per heavy atom. The molecule has 0 bridgehead atoms. The van der Waals surface area contributed by atoms with Crippen LogP contribution in [0.15, 0.2) is 140 Å². The number of carbonyl (C=O) groups excluding carboxylic acids is 2. The zero-order valence-corrected chi connectivity index (χ0v) is 27.8. The van der Waals surface area contributed by atoms with E-state index in [-0.39, 0.29) is 13.2 Å². The van der Waals surface area contributed by atoms with Gasteiger partial charge >= 0.3 is 11.9 Å². The Morgan fingerprint density at radius 3 is 1.75 bits per heavy atom. The fraction of sp³-hybridized carbons (Fsp3) is 0.220. The first-order valence-corrected chi connectivity index (χ1v) is 16.6. The van der Waals surface area contributed by atoms with Gasteiger partial charge in [-0.05, 0) is 60.1 Å². The standard InChI is InChI=1S/C41H41ClN2O4/c1-30-24-26-34(27-25-30)41(33-18-9-4-10-19-33,35-20-11-12-21-36(35)42)44-38(40(46)48-29-32-16-7-3-8-17-32)23-13-22-37(43)39(45)47-28-31-14-5-2-6-15-31/h2-12,14-21,24-27,37-38,44H,13,22-23,28-29,43H2,1H3. The summed E-state index contributed by atoms with van der Waals surface area (Å²) in [5.74, 6) is -0.900. The quantitative estimate of drug-likeness (QED) is 0.0877. The molecule has 48 heavy (non-hydrogen) atoms. The van der Waals surface area contributed by atoms with Gasteiger partial charge in [-0.25, -0.2) is 0 Å². The van der Waals surface area contributed by atoms with Gasteiger partial charge in [0.25, 0.3) is 0 Å². The summed E-state index contributed by atoms with van der Waals surface area (Å²) in [6.45, 7) is 2.31. The average molecular weight is 661 g/mol. The van der Waals surface area contributed by atoms with Crippen molar-refractivity contribution in [1.82, 2.24) is 5.32 Å². The summed E-state index contributed by atoms with van der Waals surface area (Å²) in [7, 11) is 0. The first kappa shape index (κ1) is 34.6. The lowest BCUT2D eigenvalue weighted by atomic mass is 9.76. The summed E-state index contributed by atoms with van der Waals surface area (Å²) in [6, 6.07) is 43.3. The van der Waals surface area contributed by atoms with Crippen LogP contribution in [0, 0.1) is 6.92 Å². The maximum absolute atomic E-state index is 14.1. The van der Waals surface area contributed by atoms with Crippen molar-refractivity contribution in [1.29, 1.82) is 0 Å². The minimum atomic E-state index is -1.03. The third-order valence-electron chi connectivity index (χ3n) is 8.40. The Kier molecular flexibility index (Phi) is 12.2. The molecule has 3 unspecified atom stereocenters. The number of hydrogen-bond acceptors (Lipinski definition) is 6. The minimum Gasteiger partial charge on any atom is -0.460 e. The molecule has 0 amide bonds. The summed E-state index contributed by atoms with van der Waals surface area (Å²) < 4.78 is 11.4. The van der Waals surface area contributed by atoms with E-state index in [1.165, 1.54) is 0 Å². The van der Waals surface area contributed by atoms with E-state index in [0.717, 1.165) is 33.4 Å². The lowest BCUT2D eigenvalue weighted by Crippen LogP contribution is -2.53. The topological polar surface area (TPSA) is 90.6 Å². The molecule has 5 rings (SSSR count). The van der Waals surface area contributed by atoms with Crippen LogP contribution in [0.4, 0.5) is 0 Å². The Morgan fingerprint density at radius 2 is 1.17 bits per heavy atom. The van der Waals surface area contributed by atoms with Gasteiger partial charge in [0.15, 0.2) is 0 Å². The highest BCUT2D eigenvalue weighted by molar-refractivity contribution is 6.31. The van der Waals surface area contributed by atoms with Crippen LogP contribution in [0.1, 0.15) is 52.6 Å². The molecule has 5 aromatic carbocycles. The van der Waals surface area contributed by atoms with Crippen LogP contribution in [0.3, 0.4) is 0 Å². The number of aryl methyl sites for hydroxylation is 1. The molecular formula is C41H41ClN2O4. The SMILES string of the molecule is Cc1ccc(C(NC(CCCC(N)C(=O)OCc2ccccc2)C(=O)OCc2ccccc2)(c2ccccc2)c2ccccc2Cl)cc1. The van der Waals surface area contributed by atoms with Gasteiger partial charge < -0.3 is 15.2 Å². The van der Waals surface area contributed by atoms with E-state index in [0.29, 0.717) is 24.3 Å². The Bertz CT molecular complexity index is 1750. The van der Waals surface area contributed by atoms with Gasteiger partial charge in [0, 0.05) is 5.02 Å². The van der Waals surface area contributed by atoms with Gasteiger partial charge in [-0.2, -0.15) is 0 Å². The highest BCUT2D eigenvalue weighted by Crippen LogP contribution is 2.41. The van der Waals surface area contributed by atoms with Crippen LogP contribution < -0.4 is 11.1 Å². The fourth-order valence-electron chi connectivity index (χ4n) is 5.81. The van der Waals surface area contributed by atoms with Gasteiger partial charge in [-0.3, -0.25) is 14.9 Å². The zero-order chi connectivity index (χ0) is 33.8. The monoisotopic (exact) mass is 660 g/mol. The lowest BCUT2D eigenvalue weighted by molar-refractivity contribution is -0.148. The molecule has 0 heterocycles. The van der Waals surface area contributed by atoms with Gasteiger partial charge in [-0.15, -0.1) is 0 Å². The van der Waals surface area contributed by atoms with Crippen molar-refractivity contribution in [3.63, 3.8) is 0 Å². The second-order valence-corrected chi connectivity index (χ2v) is 12.3. The second-order valence-electron chi connectivity index (χ2n) is 11.9. The number of nitrogens with two attached hydrogens (primary N) is 1. The molecule has 3 atom stereocenters. The van der Waals surface area contributed by atoms with Crippen molar-refractivity contribution >= 4 is 23.5 Å². The Balaban J connectivity index is 1.45. The van der Waals surface area contributed by atoms with Crippen molar-refractivity contribution in [2.24, 2.45) is 5.73 Å². The highest BCUT2D eigenvalue weighted by Gasteiger charge is 2.41. The predicted octanol–water partition coefficient (Wildman–Crippen LogP) is 7.88. The second kappa shape index (κ2) is 16.9. The molecule has 0 aromatic heterocycles. The maximum atomic E-state index is 14.1. The Labute approximate surface area is 287 Å². The maximum Gasteiger partial charge on any atom is 0.323 e. The first-order valence-electron chi connectivity index (χ1n) is 16.2. The molecule has 0 saturated carbocycles. The molecule has 0 spiro atoms. The number of benzene rings is 5. The summed E-state index contributed by atoms with van der Waals surface area (Å²) in [6.07, 6.45) is 1.13. The zero-order valence-electron chi connectivity index (χ0n) is 27.1. The summed E-state index contributed by atoms with van der Waals surface area (Å²) in [5, 5.41) is 4.30. The molecule has 0 aliphatic rings. The number of ether oxygens (including phenoxy) is 2. The number of hydrogen-bond donors (Lipinski definition) is 2. The third-order valence-corrected chi connectivity index (χ3v) is 8.73. The average Bonchev–Trinajstić information content (AvgIpc) is 3.13. The van der Waals surface area contributed by atoms with Crippen LogP contribution in [0.25, 0.3) is 0 Å². The van der Waals surface area contributed by atoms with Crippen molar-refractivity contribution in [3.05, 3.63) is 178 Å². The summed E-state index contributed by atoms with van der Waals surface area (Å²) in [4.78, 5) is 26.8. The fourth-order valence-corrected chi connectivity index (χ4v) is 6.09.